The fourth-order valence-corrected chi connectivity index (χ4v) is 3.91. The van der Waals surface area contributed by atoms with E-state index in [9.17, 15) is 13.2 Å². The van der Waals surface area contributed by atoms with Gasteiger partial charge < -0.3 is 5.11 Å². The lowest BCUT2D eigenvalue weighted by molar-refractivity contribution is -0.140. The lowest BCUT2D eigenvalue weighted by Crippen LogP contribution is -2.22. The summed E-state index contributed by atoms with van der Waals surface area (Å²) in [5.74, 6) is -2.78. The first-order chi connectivity index (χ1) is 8.68. The summed E-state index contributed by atoms with van der Waals surface area (Å²) in [6.07, 6.45) is 0.609. The highest BCUT2D eigenvalue weighted by Gasteiger charge is 2.25. The second-order valence-electron chi connectivity index (χ2n) is 4.48. The van der Waals surface area contributed by atoms with Crippen LogP contribution in [0.1, 0.15) is 25.2 Å². The molecule has 0 aliphatic heterocycles. The monoisotopic (exact) mass is 308 g/mol. The molecule has 0 bridgehead atoms. The second kappa shape index (κ2) is 5.92. The normalized spacial score (nSPS) is 13.5. The summed E-state index contributed by atoms with van der Waals surface area (Å²) in [5, 5.41) is 13.2. The van der Waals surface area contributed by atoms with Crippen molar-refractivity contribution in [2.45, 2.75) is 26.0 Å². The van der Waals surface area contributed by atoms with Crippen molar-refractivity contribution in [2.75, 3.05) is 5.75 Å². The number of halogens is 1. The molecular formula is C11H17ClN2O4S. The molecule has 0 fully saturated rings. The van der Waals surface area contributed by atoms with Crippen molar-refractivity contribution in [3.8, 4) is 0 Å². The van der Waals surface area contributed by atoms with E-state index in [-0.39, 0.29) is 5.75 Å². The van der Waals surface area contributed by atoms with Gasteiger partial charge in [-0.25, -0.2) is 8.42 Å². The highest BCUT2D eigenvalue weighted by atomic mass is 35.5. The Labute approximate surface area is 117 Å². The minimum absolute atomic E-state index is 0.299. The van der Waals surface area contributed by atoms with Crippen molar-refractivity contribution in [3.63, 3.8) is 0 Å². The van der Waals surface area contributed by atoms with Crippen LogP contribution in [0.2, 0.25) is 5.02 Å². The van der Waals surface area contributed by atoms with Gasteiger partial charge in [-0.2, -0.15) is 5.10 Å². The van der Waals surface area contributed by atoms with Crippen LogP contribution in [0.3, 0.4) is 0 Å². The average molecular weight is 309 g/mol. The maximum absolute atomic E-state index is 12.0. The molecule has 1 aromatic heterocycles. The van der Waals surface area contributed by atoms with Gasteiger partial charge in [-0.1, -0.05) is 25.4 Å². The third-order valence-corrected chi connectivity index (χ3v) is 4.94. The van der Waals surface area contributed by atoms with Gasteiger partial charge in [0.2, 0.25) is 0 Å². The summed E-state index contributed by atoms with van der Waals surface area (Å²) in [7, 11) is -1.92. The molecule has 0 saturated carbocycles. The molecule has 108 valence electrons. The second-order valence-corrected chi connectivity index (χ2v) is 6.97. The Morgan fingerprint density at radius 3 is 2.53 bits per heavy atom. The molecule has 1 atom stereocenters. The van der Waals surface area contributed by atoms with Crippen molar-refractivity contribution >= 4 is 27.4 Å². The van der Waals surface area contributed by atoms with E-state index < -0.39 is 27.5 Å². The van der Waals surface area contributed by atoms with Gasteiger partial charge in [-0.3, -0.25) is 9.48 Å². The Bertz CT molecular complexity index is 580. The smallest absolute Gasteiger partial charge is 0.307 e. The number of rotatable bonds is 6. The van der Waals surface area contributed by atoms with E-state index in [0.29, 0.717) is 22.8 Å². The van der Waals surface area contributed by atoms with E-state index in [4.69, 9.17) is 16.7 Å². The molecular weight excluding hydrogens is 292 g/mol. The van der Waals surface area contributed by atoms with Crippen molar-refractivity contribution in [1.82, 2.24) is 9.78 Å². The minimum atomic E-state index is -3.54. The predicted octanol–water partition coefficient (Wildman–Crippen LogP) is 1.27. The number of sulfone groups is 1. The Morgan fingerprint density at radius 2 is 2.11 bits per heavy atom. The fourth-order valence-electron chi connectivity index (χ4n) is 1.70. The maximum Gasteiger partial charge on any atom is 0.307 e. The molecule has 0 saturated heterocycles. The van der Waals surface area contributed by atoms with Gasteiger partial charge in [0.05, 0.1) is 33.8 Å². The zero-order valence-electron chi connectivity index (χ0n) is 11.1. The fraction of sp³-hybridized carbons (Fsp3) is 0.636. The predicted molar refractivity (Wildman–Crippen MR) is 71.9 cm³/mol. The van der Waals surface area contributed by atoms with Gasteiger partial charge in [-0.15, -0.1) is 0 Å². The highest BCUT2D eigenvalue weighted by Crippen LogP contribution is 2.23. The standard InChI is InChI=1S/C11H17ClN2O4S/c1-4-8-10(12)9(14(3)13-8)6-19(17,18)5-7(2)11(15)16/h7H,4-6H2,1-3H3,(H,15,16). The van der Waals surface area contributed by atoms with Crippen LogP contribution in [0.5, 0.6) is 0 Å². The van der Waals surface area contributed by atoms with Crippen LogP contribution in [-0.4, -0.2) is 35.0 Å². The number of hydrogen-bond acceptors (Lipinski definition) is 4. The van der Waals surface area contributed by atoms with E-state index in [2.05, 4.69) is 5.10 Å². The molecule has 0 spiro atoms. The third kappa shape index (κ3) is 3.94. The van der Waals surface area contributed by atoms with Gasteiger partial charge in [0.15, 0.2) is 9.84 Å². The van der Waals surface area contributed by atoms with Gasteiger partial charge in [-0.05, 0) is 6.42 Å². The Balaban J connectivity index is 2.96. The Morgan fingerprint density at radius 1 is 1.53 bits per heavy atom. The van der Waals surface area contributed by atoms with Crippen LogP contribution in [-0.2, 0) is 33.9 Å². The first-order valence-corrected chi connectivity index (χ1v) is 8.01. The van der Waals surface area contributed by atoms with Crippen molar-refractivity contribution < 1.29 is 18.3 Å². The Kier molecular flexibility index (Phi) is 4.98. The van der Waals surface area contributed by atoms with Crippen LogP contribution in [0, 0.1) is 5.92 Å². The van der Waals surface area contributed by atoms with Crippen molar-refractivity contribution in [3.05, 3.63) is 16.4 Å². The summed E-state index contributed by atoms with van der Waals surface area (Å²) in [5.41, 5.74) is 1.04. The molecule has 8 heteroatoms. The number of aryl methyl sites for hydroxylation is 2. The van der Waals surface area contributed by atoms with Gasteiger partial charge in [0.25, 0.3) is 0 Å². The zero-order valence-corrected chi connectivity index (χ0v) is 12.6. The van der Waals surface area contributed by atoms with E-state index in [0.717, 1.165) is 0 Å². The molecule has 1 N–H and O–H groups in total. The summed E-state index contributed by atoms with van der Waals surface area (Å²) in [6.45, 7) is 3.24. The van der Waals surface area contributed by atoms with E-state index >= 15 is 0 Å². The molecule has 0 radical (unpaired) electrons. The summed E-state index contributed by atoms with van der Waals surface area (Å²) in [6, 6.07) is 0. The molecule has 6 nitrogen and oxygen atoms in total. The van der Waals surface area contributed by atoms with Crippen molar-refractivity contribution in [1.29, 1.82) is 0 Å². The van der Waals surface area contributed by atoms with Gasteiger partial charge >= 0.3 is 5.97 Å². The minimum Gasteiger partial charge on any atom is -0.481 e. The van der Waals surface area contributed by atoms with Crippen LogP contribution < -0.4 is 0 Å². The molecule has 1 heterocycles. The molecule has 1 rings (SSSR count). The number of nitrogens with zero attached hydrogens (tertiary/aromatic N) is 2. The average Bonchev–Trinajstić information content (AvgIpc) is 2.55. The first-order valence-electron chi connectivity index (χ1n) is 5.81. The lowest BCUT2D eigenvalue weighted by Gasteiger charge is -2.08. The number of carbonyl (C=O) groups is 1. The topological polar surface area (TPSA) is 89.3 Å². The number of aromatic nitrogens is 2. The first kappa shape index (κ1) is 16.0. The molecule has 0 amide bonds. The van der Waals surface area contributed by atoms with Crippen molar-refractivity contribution in [2.24, 2.45) is 13.0 Å². The van der Waals surface area contributed by atoms with Crippen LogP contribution in [0.25, 0.3) is 0 Å². The highest BCUT2D eigenvalue weighted by molar-refractivity contribution is 7.90. The van der Waals surface area contributed by atoms with E-state index in [1.807, 2.05) is 6.92 Å². The molecule has 0 aliphatic carbocycles. The third-order valence-electron chi connectivity index (χ3n) is 2.79. The van der Waals surface area contributed by atoms with Crippen LogP contribution in [0.4, 0.5) is 0 Å². The summed E-state index contributed by atoms with van der Waals surface area (Å²) in [4.78, 5) is 10.7. The van der Waals surface area contributed by atoms with Gasteiger partial charge in [0.1, 0.15) is 0 Å². The molecule has 19 heavy (non-hydrogen) atoms. The summed E-state index contributed by atoms with van der Waals surface area (Å²) >= 11 is 6.07. The number of carboxylic acids is 1. The molecule has 1 aromatic rings. The molecule has 1 unspecified atom stereocenters. The zero-order chi connectivity index (χ0) is 14.8. The van der Waals surface area contributed by atoms with E-state index in [1.165, 1.54) is 11.6 Å². The van der Waals surface area contributed by atoms with Crippen LogP contribution in [0.15, 0.2) is 0 Å². The number of carboxylic acid groups (broad SMARTS) is 1. The molecule has 0 aromatic carbocycles. The maximum atomic E-state index is 12.0. The largest absolute Gasteiger partial charge is 0.481 e. The summed E-state index contributed by atoms with van der Waals surface area (Å²) < 4.78 is 25.3. The number of aliphatic carboxylic acids is 1. The van der Waals surface area contributed by atoms with Gasteiger partial charge in [0, 0.05) is 7.05 Å². The quantitative estimate of drug-likeness (QED) is 0.855. The Hall–Kier alpha value is -1.08. The molecule has 0 aliphatic rings. The number of hydrogen-bond donors (Lipinski definition) is 1. The lowest BCUT2D eigenvalue weighted by atomic mass is 10.2. The SMILES string of the molecule is CCc1nn(C)c(CS(=O)(=O)CC(C)C(=O)O)c1Cl. The van der Waals surface area contributed by atoms with E-state index in [1.54, 1.807) is 7.05 Å². The van der Waals surface area contributed by atoms with Crippen LogP contribution >= 0.6 is 11.6 Å².